The van der Waals surface area contributed by atoms with Crippen molar-refractivity contribution in [2.75, 3.05) is 0 Å². The summed E-state index contributed by atoms with van der Waals surface area (Å²) < 4.78 is 0. The van der Waals surface area contributed by atoms with Crippen LogP contribution in [0.15, 0.2) is 65.9 Å². The van der Waals surface area contributed by atoms with E-state index in [2.05, 4.69) is 4.98 Å². The van der Waals surface area contributed by atoms with Crippen molar-refractivity contribution < 1.29 is 19.6 Å². The Hall–Kier alpha value is -3.85. The second kappa shape index (κ2) is 8.35. The van der Waals surface area contributed by atoms with Crippen LogP contribution in [-0.4, -0.2) is 31.6 Å². The number of amides is 1. The van der Waals surface area contributed by atoms with E-state index >= 15 is 0 Å². The Morgan fingerprint density at radius 3 is 2.38 bits per heavy atom. The molecular formula is C23H19N3O5S. The number of carbonyl (C=O) groups excluding carboxylic acids is 2. The van der Waals surface area contributed by atoms with E-state index in [1.807, 2.05) is 30.3 Å². The molecule has 3 aromatic rings. The summed E-state index contributed by atoms with van der Waals surface area (Å²) in [7, 11) is 0. The maximum absolute atomic E-state index is 13.5. The first kappa shape index (κ1) is 21.4. The minimum absolute atomic E-state index is 0.0495. The summed E-state index contributed by atoms with van der Waals surface area (Å²) in [6.07, 6.45) is 0. The lowest BCUT2D eigenvalue weighted by molar-refractivity contribution is -0.384. The van der Waals surface area contributed by atoms with Gasteiger partial charge in [0.15, 0.2) is 5.76 Å². The highest BCUT2D eigenvalue weighted by molar-refractivity contribution is 7.14. The van der Waals surface area contributed by atoms with Gasteiger partial charge in [0.25, 0.3) is 11.6 Å². The quantitative estimate of drug-likeness (QED) is 0.338. The van der Waals surface area contributed by atoms with Crippen molar-refractivity contribution in [3.8, 4) is 0 Å². The van der Waals surface area contributed by atoms with Crippen LogP contribution in [0.2, 0.25) is 0 Å². The van der Waals surface area contributed by atoms with Crippen LogP contribution in [0.3, 0.4) is 0 Å². The van der Waals surface area contributed by atoms with Gasteiger partial charge in [-0.3, -0.25) is 19.7 Å². The number of nitro benzene ring substituents is 1. The third-order valence-corrected chi connectivity index (χ3v) is 6.35. The standard InChI is InChI=1S/C23H19N3O5S/c1-13-22(32-14(2)24-13)20(27)18-19(16-8-10-17(11-9-16)26(30)31)25(23(29)21(18)28)12-15-6-4-3-5-7-15/h3-11,19,28H,12H2,1-2H3. The molecule has 1 amide bonds. The molecule has 8 nitrogen and oxygen atoms in total. The number of ketones is 1. The van der Waals surface area contributed by atoms with E-state index < -0.39 is 28.4 Å². The van der Waals surface area contributed by atoms with Crippen LogP contribution in [0.25, 0.3) is 0 Å². The van der Waals surface area contributed by atoms with Crippen LogP contribution >= 0.6 is 11.3 Å². The SMILES string of the molecule is Cc1nc(C)c(C(=O)C2=C(O)C(=O)N(Cc3ccccc3)C2c2ccc([N+](=O)[O-])cc2)s1. The van der Waals surface area contributed by atoms with Gasteiger partial charge in [0, 0.05) is 18.7 Å². The number of nitrogens with zero attached hydrogens (tertiary/aromatic N) is 3. The number of nitro groups is 1. The third-order valence-electron chi connectivity index (χ3n) is 5.27. The Labute approximate surface area is 187 Å². The number of rotatable bonds is 6. The van der Waals surface area contributed by atoms with Gasteiger partial charge < -0.3 is 10.0 Å². The van der Waals surface area contributed by atoms with Gasteiger partial charge in [-0.1, -0.05) is 30.3 Å². The number of aryl methyl sites for hydroxylation is 2. The van der Waals surface area contributed by atoms with Crippen LogP contribution < -0.4 is 0 Å². The molecular weight excluding hydrogens is 430 g/mol. The van der Waals surface area contributed by atoms with Gasteiger partial charge in [0.1, 0.15) is 0 Å². The Bertz CT molecular complexity index is 1250. The lowest BCUT2D eigenvalue weighted by Gasteiger charge is -2.27. The molecule has 2 heterocycles. The maximum atomic E-state index is 13.5. The molecule has 0 fully saturated rings. The topological polar surface area (TPSA) is 114 Å². The summed E-state index contributed by atoms with van der Waals surface area (Å²) >= 11 is 1.20. The summed E-state index contributed by atoms with van der Waals surface area (Å²) in [5.74, 6) is -1.75. The predicted molar refractivity (Wildman–Crippen MR) is 118 cm³/mol. The number of aliphatic hydroxyl groups excluding tert-OH is 1. The van der Waals surface area contributed by atoms with Gasteiger partial charge in [-0.2, -0.15) is 0 Å². The van der Waals surface area contributed by atoms with Crippen LogP contribution in [0, 0.1) is 24.0 Å². The number of carbonyl (C=O) groups is 2. The molecule has 9 heteroatoms. The van der Waals surface area contributed by atoms with E-state index in [0.29, 0.717) is 21.1 Å². The lowest BCUT2D eigenvalue weighted by atomic mass is 9.94. The Morgan fingerprint density at radius 2 is 1.81 bits per heavy atom. The number of aliphatic hydroxyl groups is 1. The lowest BCUT2D eigenvalue weighted by Crippen LogP contribution is -2.30. The van der Waals surface area contributed by atoms with E-state index in [9.17, 15) is 24.8 Å². The fourth-order valence-corrected chi connectivity index (χ4v) is 4.69. The summed E-state index contributed by atoms with van der Waals surface area (Å²) in [6.45, 7) is 3.63. The predicted octanol–water partition coefficient (Wildman–Crippen LogP) is 4.45. The highest BCUT2D eigenvalue weighted by Crippen LogP contribution is 2.41. The Morgan fingerprint density at radius 1 is 1.16 bits per heavy atom. The molecule has 1 N–H and O–H groups in total. The summed E-state index contributed by atoms with van der Waals surface area (Å²) in [4.78, 5) is 43.1. The van der Waals surface area contributed by atoms with Crippen molar-refractivity contribution in [3.05, 3.63) is 103 Å². The molecule has 0 saturated heterocycles. The van der Waals surface area contributed by atoms with Gasteiger partial charge in [0.2, 0.25) is 5.78 Å². The van der Waals surface area contributed by atoms with Crippen molar-refractivity contribution >= 4 is 28.7 Å². The fourth-order valence-electron chi connectivity index (χ4n) is 3.82. The van der Waals surface area contributed by atoms with Gasteiger partial charge in [0.05, 0.1) is 32.1 Å². The monoisotopic (exact) mass is 449 g/mol. The van der Waals surface area contributed by atoms with Crippen molar-refractivity contribution in [2.45, 2.75) is 26.4 Å². The number of hydrogen-bond donors (Lipinski definition) is 1. The second-order valence-electron chi connectivity index (χ2n) is 7.41. The molecule has 1 aliphatic rings. The summed E-state index contributed by atoms with van der Waals surface area (Å²) in [6, 6.07) is 14.0. The average molecular weight is 449 g/mol. The van der Waals surface area contributed by atoms with Crippen molar-refractivity contribution in [2.24, 2.45) is 0 Å². The summed E-state index contributed by atoms with van der Waals surface area (Å²) in [5.41, 5.74) is 1.67. The number of hydrogen-bond acceptors (Lipinski definition) is 7. The molecule has 1 atom stereocenters. The second-order valence-corrected chi connectivity index (χ2v) is 8.61. The molecule has 4 rings (SSSR count). The molecule has 0 radical (unpaired) electrons. The Kier molecular flexibility index (Phi) is 5.58. The summed E-state index contributed by atoms with van der Waals surface area (Å²) in [5, 5.41) is 22.5. The van der Waals surface area contributed by atoms with E-state index in [1.54, 1.807) is 13.8 Å². The number of benzene rings is 2. The van der Waals surface area contributed by atoms with Crippen molar-refractivity contribution in [1.29, 1.82) is 0 Å². The highest BCUT2D eigenvalue weighted by Gasteiger charge is 2.44. The Balaban J connectivity index is 1.82. The fraction of sp³-hybridized carbons (Fsp3) is 0.174. The molecule has 0 spiro atoms. The zero-order valence-electron chi connectivity index (χ0n) is 17.3. The van der Waals surface area contributed by atoms with Gasteiger partial charge in [-0.25, -0.2) is 4.98 Å². The van der Waals surface area contributed by atoms with Crippen LogP contribution in [0.4, 0.5) is 5.69 Å². The number of thiazole rings is 1. The number of aromatic nitrogens is 1. The molecule has 0 bridgehead atoms. The minimum atomic E-state index is -0.891. The minimum Gasteiger partial charge on any atom is -0.503 e. The normalized spacial score (nSPS) is 16.0. The third kappa shape index (κ3) is 3.78. The molecule has 32 heavy (non-hydrogen) atoms. The van der Waals surface area contributed by atoms with E-state index in [0.717, 1.165) is 5.56 Å². The maximum Gasteiger partial charge on any atom is 0.290 e. The van der Waals surface area contributed by atoms with Gasteiger partial charge in [-0.05, 0) is 37.1 Å². The van der Waals surface area contributed by atoms with E-state index in [4.69, 9.17) is 0 Å². The zero-order chi connectivity index (χ0) is 23.0. The van der Waals surface area contributed by atoms with Crippen molar-refractivity contribution in [1.82, 2.24) is 9.88 Å². The van der Waals surface area contributed by atoms with E-state index in [1.165, 1.54) is 40.5 Å². The average Bonchev–Trinajstić information content (AvgIpc) is 3.24. The molecule has 1 unspecified atom stereocenters. The van der Waals surface area contributed by atoms with Crippen LogP contribution in [0.5, 0.6) is 0 Å². The van der Waals surface area contributed by atoms with Crippen LogP contribution in [0.1, 0.15) is 37.5 Å². The van der Waals surface area contributed by atoms with Gasteiger partial charge >= 0.3 is 0 Å². The largest absolute Gasteiger partial charge is 0.503 e. The molecule has 1 aromatic heterocycles. The van der Waals surface area contributed by atoms with Crippen molar-refractivity contribution in [3.63, 3.8) is 0 Å². The molecule has 162 valence electrons. The zero-order valence-corrected chi connectivity index (χ0v) is 18.1. The van der Waals surface area contributed by atoms with E-state index in [-0.39, 0.29) is 17.8 Å². The molecule has 2 aromatic carbocycles. The first-order valence-corrected chi connectivity index (χ1v) is 10.6. The molecule has 0 aliphatic carbocycles. The first-order chi connectivity index (χ1) is 15.3. The van der Waals surface area contributed by atoms with Gasteiger partial charge in [-0.15, -0.1) is 11.3 Å². The molecule has 0 saturated carbocycles. The smallest absolute Gasteiger partial charge is 0.290 e. The van der Waals surface area contributed by atoms with Crippen LogP contribution in [-0.2, 0) is 11.3 Å². The number of Topliss-reactive ketones (excluding diaryl/α,β-unsaturated/α-hetero) is 1. The first-order valence-electron chi connectivity index (χ1n) is 9.79. The number of non-ortho nitro benzene ring substituents is 1. The molecule has 1 aliphatic heterocycles. The highest BCUT2D eigenvalue weighted by atomic mass is 32.1.